The van der Waals surface area contributed by atoms with Crippen molar-refractivity contribution in [1.82, 2.24) is 4.98 Å². The maximum absolute atomic E-state index is 6.19. The lowest BCUT2D eigenvalue weighted by molar-refractivity contribution is 0.706. The number of rotatable bonds is 3. The van der Waals surface area contributed by atoms with Crippen LogP contribution < -0.4 is 5.73 Å². The first-order chi connectivity index (χ1) is 8.56. The molecule has 2 nitrogen and oxygen atoms in total. The zero-order valence-electron chi connectivity index (χ0n) is 10.7. The second-order valence-corrected chi connectivity index (χ2v) is 5.05. The average Bonchev–Trinajstić information content (AvgIpc) is 2.35. The Morgan fingerprint density at radius 3 is 2.61 bits per heavy atom. The number of nitrogens with two attached hydrogens (primary N) is 1. The number of benzene rings is 1. The fourth-order valence-corrected chi connectivity index (χ4v) is 1.99. The Balaban J connectivity index is 2.13. The third kappa shape index (κ3) is 3.09. The molecule has 0 aliphatic carbocycles. The molecule has 1 atom stereocenters. The number of pyridine rings is 1. The molecule has 2 aromatic rings. The van der Waals surface area contributed by atoms with Crippen LogP contribution in [0.1, 0.15) is 28.4 Å². The van der Waals surface area contributed by atoms with E-state index in [2.05, 4.69) is 11.1 Å². The summed E-state index contributed by atoms with van der Waals surface area (Å²) in [6, 6.07) is 9.97. The van der Waals surface area contributed by atoms with Crippen molar-refractivity contribution in [2.75, 3.05) is 0 Å². The van der Waals surface area contributed by atoms with Crippen LogP contribution >= 0.6 is 11.6 Å². The zero-order valence-corrected chi connectivity index (χ0v) is 11.4. The minimum absolute atomic E-state index is 0.0710. The molecule has 1 unspecified atom stereocenters. The highest BCUT2D eigenvalue weighted by Crippen LogP contribution is 2.22. The maximum atomic E-state index is 6.19. The lowest BCUT2D eigenvalue weighted by atomic mass is 10.0. The summed E-state index contributed by atoms with van der Waals surface area (Å²) < 4.78 is 0. The molecular formula is C15H17ClN2. The first kappa shape index (κ1) is 13.1. The molecule has 0 saturated carbocycles. The quantitative estimate of drug-likeness (QED) is 0.916. The monoisotopic (exact) mass is 260 g/mol. The molecule has 3 heteroatoms. The molecule has 0 aliphatic rings. The molecule has 0 bridgehead atoms. The number of aryl methyl sites for hydroxylation is 2. The van der Waals surface area contributed by atoms with Crippen LogP contribution in [0.5, 0.6) is 0 Å². The van der Waals surface area contributed by atoms with Gasteiger partial charge in [0.15, 0.2) is 0 Å². The van der Waals surface area contributed by atoms with Crippen molar-refractivity contribution in [3.05, 3.63) is 63.9 Å². The fourth-order valence-electron chi connectivity index (χ4n) is 1.80. The minimum Gasteiger partial charge on any atom is -0.324 e. The molecule has 1 heterocycles. The van der Waals surface area contributed by atoms with Gasteiger partial charge in [0.25, 0.3) is 0 Å². The topological polar surface area (TPSA) is 38.9 Å². The molecule has 0 saturated heterocycles. The molecule has 0 aliphatic heterocycles. The van der Waals surface area contributed by atoms with Crippen molar-refractivity contribution in [3.63, 3.8) is 0 Å². The highest BCUT2D eigenvalue weighted by molar-refractivity contribution is 6.31. The van der Waals surface area contributed by atoms with E-state index in [9.17, 15) is 0 Å². The second-order valence-electron chi connectivity index (χ2n) is 4.65. The molecule has 0 fully saturated rings. The van der Waals surface area contributed by atoms with E-state index in [-0.39, 0.29) is 6.04 Å². The van der Waals surface area contributed by atoms with Crippen LogP contribution in [-0.2, 0) is 6.42 Å². The van der Waals surface area contributed by atoms with Crippen LogP contribution in [0, 0.1) is 13.8 Å². The summed E-state index contributed by atoms with van der Waals surface area (Å²) in [6.07, 6.45) is 2.59. The van der Waals surface area contributed by atoms with Gasteiger partial charge in [-0.2, -0.15) is 0 Å². The summed E-state index contributed by atoms with van der Waals surface area (Å²) >= 11 is 6.11. The fraction of sp³-hybridized carbons (Fsp3) is 0.267. The molecule has 0 radical (unpaired) electrons. The first-order valence-corrected chi connectivity index (χ1v) is 6.37. The van der Waals surface area contributed by atoms with Gasteiger partial charge < -0.3 is 5.73 Å². The number of aromatic nitrogens is 1. The molecule has 1 aromatic carbocycles. The minimum atomic E-state index is -0.0710. The Labute approximate surface area is 113 Å². The van der Waals surface area contributed by atoms with Crippen LogP contribution in [-0.4, -0.2) is 4.98 Å². The van der Waals surface area contributed by atoms with Gasteiger partial charge in [0.1, 0.15) is 0 Å². The Morgan fingerprint density at radius 1 is 1.22 bits per heavy atom. The predicted octanol–water partition coefficient (Wildman–Crippen LogP) is 3.59. The first-order valence-electron chi connectivity index (χ1n) is 5.99. The van der Waals surface area contributed by atoms with Crippen LogP contribution in [0.15, 0.2) is 36.5 Å². The van der Waals surface area contributed by atoms with Gasteiger partial charge in [-0.15, -0.1) is 0 Å². The van der Waals surface area contributed by atoms with Crippen molar-refractivity contribution in [2.24, 2.45) is 5.73 Å². The standard InChI is InChI=1S/C15H17ClN2/c1-10-3-6-13(18-9-10)8-15(17)12-5-4-11(2)14(16)7-12/h3-7,9,15H,8,17H2,1-2H3. The highest BCUT2D eigenvalue weighted by Gasteiger charge is 2.09. The number of hydrogen-bond acceptors (Lipinski definition) is 2. The Bertz CT molecular complexity index is 535. The number of nitrogens with zero attached hydrogens (tertiary/aromatic N) is 1. The summed E-state index contributed by atoms with van der Waals surface area (Å²) in [5.74, 6) is 0. The van der Waals surface area contributed by atoms with E-state index in [4.69, 9.17) is 17.3 Å². The van der Waals surface area contributed by atoms with Gasteiger partial charge in [-0.05, 0) is 42.7 Å². The molecule has 0 spiro atoms. The van der Waals surface area contributed by atoms with Crippen LogP contribution in [0.25, 0.3) is 0 Å². The van der Waals surface area contributed by atoms with Crippen LogP contribution in [0.2, 0.25) is 5.02 Å². The van der Waals surface area contributed by atoms with E-state index in [1.54, 1.807) is 0 Å². The summed E-state index contributed by atoms with van der Waals surface area (Å²) in [5.41, 5.74) is 10.5. The molecule has 94 valence electrons. The molecule has 2 rings (SSSR count). The van der Waals surface area contributed by atoms with Gasteiger partial charge >= 0.3 is 0 Å². The summed E-state index contributed by atoms with van der Waals surface area (Å²) in [5, 5.41) is 0.764. The highest BCUT2D eigenvalue weighted by atomic mass is 35.5. The smallest absolute Gasteiger partial charge is 0.0438 e. The van der Waals surface area contributed by atoms with E-state index in [0.717, 1.165) is 33.8 Å². The molecule has 2 N–H and O–H groups in total. The number of hydrogen-bond donors (Lipinski definition) is 1. The molecule has 1 aromatic heterocycles. The SMILES string of the molecule is Cc1ccc(CC(N)c2ccc(C)c(Cl)c2)nc1. The van der Waals surface area contributed by atoms with Crippen molar-refractivity contribution >= 4 is 11.6 Å². The van der Waals surface area contributed by atoms with Crippen LogP contribution in [0.3, 0.4) is 0 Å². The van der Waals surface area contributed by atoms with Crippen LogP contribution in [0.4, 0.5) is 0 Å². The Morgan fingerprint density at radius 2 is 2.00 bits per heavy atom. The van der Waals surface area contributed by atoms with E-state index >= 15 is 0 Å². The van der Waals surface area contributed by atoms with Crippen molar-refractivity contribution in [2.45, 2.75) is 26.3 Å². The van der Waals surface area contributed by atoms with Crippen molar-refractivity contribution in [3.8, 4) is 0 Å². The third-order valence-corrected chi connectivity index (χ3v) is 3.43. The molecular weight excluding hydrogens is 244 g/mol. The molecule has 0 amide bonds. The lowest BCUT2D eigenvalue weighted by Gasteiger charge is -2.13. The summed E-state index contributed by atoms with van der Waals surface area (Å²) in [4.78, 5) is 4.37. The van der Waals surface area contributed by atoms with E-state index in [1.165, 1.54) is 0 Å². The maximum Gasteiger partial charge on any atom is 0.0438 e. The number of halogens is 1. The lowest BCUT2D eigenvalue weighted by Crippen LogP contribution is -2.14. The Kier molecular flexibility index (Phi) is 4.00. The van der Waals surface area contributed by atoms with E-state index < -0.39 is 0 Å². The van der Waals surface area contributed by atoms with Crippen molar-refractivity contribution in [1.29, 1.82) is 0 Å². The van der Waals surface area contributed by atoms with Gasteiger partial charge in [-0.3, -0.25) is 4.98 Å². The largest absolute Gasteiger partial charge is 0.324 e. The second kappa shape index (κ2) is 5.51. The zero-order chi connectivity index (χ0) is 13.1. The Hall–Kier alpha value is -1.38. The van der Waals surface area contributed by atoms with E-state index in [0.29, 0.717) is 0 Å². The third-order valence-electron chi connectivity index (χ3n) is 3.03. The molecule has 18 heavy (non-hydrogen) atoms. The van der Waals surface area contributed by atoms with E-state index in [1.807, 2.05) is 44.3 Å². The average molecular weight is 261 g/mol. The van der Waals surface area contributed by atoms with Gasteiger partial charge in [0, 0.05) is 29.4 Å². The summed E-state index contributed by atoms with van der Waals surface area (Å²) in [7, 11) is 0. The normalized spacial score (nSPS) is 12.4. The van der Waals surface area contributed by atoms with Gasteiger partial charge in [0.05, 0.1) is 0 Å². The van der Waals surface area contributed by atoms with Crippen molar-refractivity contribution < 1.29 is 0 Å². The predicted molar refractivity (Wildman–Crippen MR) is 75.8 cm³/mol. The van der Waals surface area contributed by atoms with Gasteiger partial charge in [-0.25, -0.2) is 0 Å². The van der Waals surface area contributed by atoms with Gasteiger partial charge in [0.2, 0.25) is 0 Å². The summed E-state index contributed by atoms with van der Waals surface area (Å²) in [6.45, 7) is 4.01. The van der Waals surface area contributed by atoms with Gasteiger partial charge in [-0.1, -0.05) is 29.8 Å².